The van der Waals surface area contributed by atoms with Gasteiger partial charge in [0.2, 0.25) is 0 Å². The molecular weight excluding hydrogens is 374 g/mol. The maximum atomic E-state index is 10.2. The van der Waals surface area contributed by atoms with E-state index in [1.165, 1.54) is 15.9 Å². The Kier molecular flexibility index (Phi) is 5.32. The molecule has 2 fully saturated rings. The summed E-state index contributed by atoms with van der Waals surface area (Å²) in [5, 5.41) is 12.8. The normalized spacial score (nSPS) is 25.4. The van der Waals surface area contributed by atoms with Crippen molar-refractivity contribution in [2.45, 2.75) is 50.3 Å². The number of rotatable bonds is 5. The van der Waals surface area contributed by atoms with Gasteiger partial charge in [0.15, 0.2) is 0 Å². The minimum Gasteiger partial charge on any atom is -0.403 e. The van der Waals surface area contributed by atoms with Crippen LogP contribution in [0.4, 0.5) is 0 Å². The van der Waals surface area contributed by atoms with Gasteiger partial charge < -0.3 is 9.53 Å². The van der Waals surface area contributed by atoms with Crippen LogP contribution < -0.4 is 10.4 Å². The molecular formula is C25H33NO2Si. The van der Waals surface area contributed by atoms with Gasteiger partial charge in [-0.2, -0.15) is 0 Å². The first kappa shape index (κ1) is 20.5. The van der Waals surface area contributed by atoms with E-state index in [4.69, 9.17) is 4.43 Å². The lowest BCUT2D eigenvalue weighted by Gasteiger charge is -2.44. The molecule has 2 atom stereocenters. The van der Waals surface area contributed by atoms with E-state index < -0.39 is 8.32 Å². The number of fused-ring (bicyclic) bond motifs is 1. The van der Waals surface area contributed by atoms with Crippen LogP contribution in [0.3, 0.4) is 0 Å². The van der Waals surface area contributed by atoms with E-state index in [1.807, 2.05) is 0 Å². The van der Waals surface area contributed by atoms with Crippen LogP contribution in [-0.4, -0.2) is 49.7 Å². The highest BCUT2D eigenvalue weighted by molar-refractivity contribution is 6.99. The molecule has 2 heterocycles. The smallest absolute Gasteiger partial charge is 0.261 e. The summed E-state index contributed by atoms with van der Waals surface area (Å²) in [6.45, 7) is 13.0. The molecule has 0 spiro atoms. The van der Waals surface area contributed by atoms with Crippen molar-refractivity contribution in [3.63, 3.8) is 0 Å². The van der Waals surface area contributed by atoms with Crippen LogP contribution in [0.25, 0.3) is 0 Å². The van der Waals surface area contributed by atoms with Gasteiger partial charge in [0.05, 0.1) is 18.2 Å². The Morgan fingerprint density at radius 3 is 2.07 bits per heavy atom. The Balaban J connectivity index is 1.77. The van der Waals surface area contributed by atoms with Gasteiger partial charge in [0, 0.05) is 13.1 Å². The number of hydrogen-bond acceptors (Lipinski definition) is 3. The van der Waals surface area contributed by atoms with Crippen molar-refractivity contribution >= 4 is 18.7 Å². The lowest BCUT2D eigenvalue weighted by Crippen LogP contribution is -2.67. The molecule has 2 aliphatic rings. The number of nitrogens with zero attached hydrogens (tertiary/aromatic N) is 1. The predicted molar refractivity (Wildman–Crippen MR) is 122 cm³/mol. The van der Waals surface area contributed by atoms with E-state index in [9.17, 15) is 5.11 Å². The van der Waals surface area contributed by atoms with Gasteiger partial charge in [0.1, 0.15) is 0 Å². The van der Waals surface area contributed by atoms with Crippen LogP contribution in [-0.2, 0) is 4.43 Å². The predicted octanol–water partition coefficient (Wildman–Crippen LogP) is 3.33. The van der Waals surface area contributed by atoms with Crippen LogP contribution in [0.1, 0.15) is 33.6 Å². The van der Waals surface area contributed by atoms with Gasteiger partial charge in [-0.15, -0.1) is 0 Å². The molecule has 29 heavy (non-hydrogen) atoms. The molecule has 0 amide bonds. The molecule has 0 bridgehead atoms. The minimum atomic E-state index is -2.56. The summed E-state index contributed by atoms with van der Waals surface area (Å²) in [5.74, 6) is 0. The van der Waals surface area contributed by atoms with Gasteiger partial charge in [-0.3, -0.25) is 4.90 Å². The molecule has 154 valence electrons. The molecule has 2 saturated heterocycles. The van der Waals surface area contributed by atoms with Crippen LogP contribution in [0.5, 0.6) is 0 Å². The largest absolute Gasteiger partial charge is 0.403 e. The van der Waals surface area contributed by atoms with E-state index in [-0.39, 0.29) is 23.3 Å². The summed E-state index contributed by atoms with van der Waals surface area (Å²) < 4.78 is 7.29. The molecule has 4 heteroatoms. The summed E-state index contributed by atoms with van der Waals surface area (Å²) in [7, 11) is -2.56. The van der Waals surface area contributed by atoms with Crippen molar-refractivity contribution in [2.75, 3.05) is 19.7 Å². The van der Waals surface area contributed by atoms with E-state index in [1.54, 1.807) is 0 Å². The molecule has 3 nitrogen and oxygen atoms in total. The molecule has 0 aromatic heterocycles. The number of hydrogen-bond donors (Lipinski definition) is 1. The van der Waals surface area contributed by atoms with Gasteiger partial charge >= 0.3 is 0 Å². The van der Waals surface area contributed by atoms with Crippen LogP contribution in [0, 0.1) is 0 Å². The highest BCUT2D eigenvalue weighted by Crippen LogP contribution is 2.44. The Labute approximate surface area is 176 Å². The van der Waals surface area contributed by atoms with Gasteiger partial charge in [0.25, 0.3) is 8.32 Å². The first-order valence-electron chi connectivity index (χ1n) is 10.6. The molecule has 0 radical (unpaired) electrons. The third kappa shape index (κ3) is 3.42. The zero-order valence-corrected chi connectivity index (χ0v) is 18.9. The van der Waals surface area contributed by atoms with Crippen molar-refractivity contribution in [1.29, 1.82) is 0 Å². The highest BCUT2D eigenvalue weighted by Gasteiger charge is 2.56. The molecule has 2 aromatic carbocycles. The molecule has 2 aliphatic heterocycles. The zero-order valence-electron chi connectivity index (χ0n) is 17.9. The van der Waals surface area contributed by atoms with Crippen LogP contribution in [0.15, 0.2) is 72.8 Å². The summed E-state index contributed by atoms with van der Waals surface area (Å²) in [6, 6.07) is 21.6. The zero-order chi connectivity index (χ0) is 20.7. The maximum absolute atomic E-state index is 10.2. The molecule has 0 aliphatic carbocycles. The number of benzene rings is 2. The number of aliphatic hydroxyl groups excluding tert-OH is 1. The summed E-state index contributed by atoms with van der Waals surface area (Å²) in [4.78, 5) is 2.40. The molecule has 4 rings (SSSR count). The topological polar surface area (TPSA) is 32.7 Å². The fourth-order valence-corrected chi connectivity index (χ4v) is 10.2. The first-order valence-corrected chi connectivity index (χ1v) is 12.5. The Morgan fingerprint density at radius 1 is 1.07 bits per heavy atom. The fourth-order valence-electron chi connectivity index (χ4n) is 5.50. The number of aliphatic hydroxyl groups is 1. The van der Waals surface area contributed by atoms with Gasteiger partial charge in [-0.25, -0.2) is 0 Å². The third-order valence-electron chi connectivity index (χ3n) is 6.75. The molecule has 0 saturated carbocycles. The SMILES string of the molecule is C=C1CN2C[C@@H](O[Si](c3ccccc3)(c3ccccc3)C(C)(C)C)C[C@@]2(CO)C1. The quantitative estimate of drug-likeness (QED) is 0.610. The summed E-state index contributed by atoms with van der Waals surface area (Å²) >= 11 is 0. The van der Waals surface area contributed by atoms with Gasteiger partial charge in [-0.05, 0) is 28.3 Å². The summed E-state index contributed by atoms with van der Waals surface area (Å²) in [6.07, 6.45) is 1.86. The lowest BCUT2D eigenvalue weighted by atomic mass is 9.93. The molecule has 1 N–H and O–H groups in total. The minimum absolute atomic E-state index is 0.0291. The maximum Gasteiger partial charge on any atom is 0.261 e. The van der Waals surface area contributed by atoms with Gasteiger partial charge in [-0.1, -0.05) is 93.6 Å². The third-order valence-corrected chi connectivity index (χ3v) is 11.8. The van der Waals surface area contributed by atoms with Crippen molar-refractivity contribution in [3.05, 3.63) is 72.8 Å². The van der Waals surface area contributed by atoms with Crippen LogP contribution >= 0.6 is 0 Å². The summed E-state index contributed by atoms with van der Waals surface area (Å²) in [5.41, 5.74) is 1.04. The lowest BCUT2D eigenvalue weighted by molar-refractivity contribution is 0.0993. The second-order valence-corrected chi connectivity index (χ2v) is 14.0. The average molecular weight is 408 g/mol. The monoisotopic (exact) mass is 407 g/mol. The van der Waals surface area contributed by atoms with Crippen molar-refractivity contribution < 1.29 is 9.53 Å². The molecule has 0 unspecified atom stereocenters. The second kappa shape index (κ2) is 7.51. The van der Waals surface area contributed by atoms with Crippen molar-refractivity contribution in [3.8, 4) is 0 Å². The van der Waals surface area contributed by atoms with E-state index in [0.717, 1.165) is 25.9 Å². The molecule has 2 aromatic rings. The van der Waals surface area contributed by atoms with E-state index in [0.29, 0.717) is 0 Å². The standard InChI is InChI=1S/C25H33NO2Si/c1-20-15-25(19-27)16-21(18-26(25)17-20)28-29(24(2,3)4,22-11-7-5-8-12-22)23-13-9-6-10-14-23/h5-14,21,27H,1,15-19H2,2-4H3/t21-,25+/m0/s1. The Hall–Kier alpha value is -1.72. The van der Waals surface area contributed by atoms with Crippen molar-refractivity contribution in [1.82, 2.24) is 4.90 Å². The first-order chi connectivity index (χ1) is 13.8. The average Bonchev–Trinajstić information content (AvgIpc) is 3.18. The van der Waals surface area contributed by atoms with Crippen molar-refractivity contribution in [2.24, 2.45) is 0 Å². The second-order valence-electron chi connectivity index (χ2n) is 9.80. The Bertz CT molecular complexity index is 822. The van der Waals surface area contributed by atoms with Crippen LogP contribution in [0.2, 0.25) is 5.04 Å². The fraction of sp³-hybridized carbons (Fsp3) is 0.440. The highest BCUT2D eigenvalue weighted by atomic mass is 28.4. The van der Waals surface area contributed by atoms with E-state index in [2.05, 4.69) is 92.9 Å². The van der Waals surface area contributed by atoms with E-state index >= 15 is 0 Å². The Morgan fingerprint density at radius 2 is 1.62 bits per heavy atom.